The topological polar surface area (TPSA) is 0 Å². The molecule has 1 fully saturated rings. The van der Waals surface area contributed by atoms with Crippen molar-refractivity contribution >= 4 is 0 Å². The van der Waals surface area contributed by atoms with Crippen LogP contribution in [0.4, 0.5) is 0 Å². The maximum Gasteiger partial charge on any atom is -0.0289 e. The zero-order valence-electron chi connectivity index (χ0n) is 9.31. The molecule has 0 spiro atoms. The average molecular weight is 180 g/mol. The van der Waals surface area contributed by atoms with Crippen LogP contribution in [0, 0.1) is 5.92 Å². The molecule has 0 heteroatoms. The molecule has 0 radical (unpaired) electrons. The Balaban J connectivity index is 0.000000133. The molecule has 1 saturated carbocycles. The highest BCUT2D eigenvalue weighted by atomic mass is 14.3. The van der Waals surface area contributed by atoms with E-state index in [4.69, 9.17) is 0 Å². The number of allylic oxidation sites excluding steroid dienone is 2. The number of hydrogen-bond donors (Lipinski definition) is 0. The predicted molar refractivity (Wildman–Crippen MR) is 59.9 cm³/mol. The Morgan fingerprint density at radius 2 is 1.92 bits per heavy atom. The molecule has 0 heterocycles. The Labute approximate surface area is 83.4 Å². The van der Waals surface area contributed by atoms with Crippen LogP contribution in [0.15, 0.2) is 11.6 Å². The zero-order valence-corrected chi connectivity index (χ0v) is 9.31. The predicted octanol–water partition coefficient (Wildman–Crippen LogP) is 4.70. The van der Waals surface area contributed by atoms with E-state index < -0.39 is 0 Å². The van der Waals surface area contributed by atoms with Crippen molar-refractivity contribution in [2.24, 2.45) is 5.92 Å². The van der Waals surface area contributed by atoms with Gasteiger partial charge in [-0.3, -0.25) is 0 Å². The molecule has 2 bridgehead atoms. The van der Waals surface area contributed by atoms with E-state index in [0.29, 0.717) is 0 Å². The lowest BCUT2D eigenvalue weighted by Gasteiger charge is -1.98. The Morgan fingerprint density at radius 3 is 2.08 bits per heavy atom. The van der Waals surface area contributed by atoms with Crippen molar-refractivity contribution < 1.29 is 0 Å². The third-order valence-electron chi connectivity index (χ3n) is 3.12. The fraction of sp³-hybridized carbons (Fsp3) is 0.846. The maximum absolute atomic E-state index is 2.42. The van der Waals surface area contributed by atoms with Crippen molar-refractivity contribution in [1.82, 2.24) is 0 Å². The molecule has 0 nitrogen and oxygen atoms in total. The van der Waals surface area contributed by atoms with Crippen LogP contribution in [0.25, 0.3) is 0 Å². The number of unbranched alkanes of at least 4 members (excludes halogenated alkanes) is 3. The SMILES string of the molecule is C1=C2CCC(C1)C2.CCCCCC. The van der Waals surface area contributed by atoms with Gasteiger partial charge in [0.25, 0.3) is 0 Å². The van der Waals surface area contributed by atoms with E-state index in [0.717, 1.165) is 5.92 Å². The number of hydrogen-bond acceptors (Lipinski definition) is 0. The second-order valence-corrected chi connectivity index (χ2v) is 4.41. The first kappa shape index (κ1) is 10.8. The van der Waals surface area contributed by atoms with Gasteiger partial charge < -0.3 is 0 Å². The van der Waals surface area contributed by atoms with Crippen molar-refractivity contribution in [1.29, 1.82) is 0 Å². The normalized spacial score (nSPS) is 23.8. The first-order valence-corrected chi connectivity index (χ1v) is 6.04. The van der Waals surface area contributed by atoms with Crippen LogP contribution in [0.1, 0.15) is 65.2 Å². The molecule has 0 aromatic rings. The minimum atomic E-state index is 1.08. The summed E-state index contributed by atoms with van der Waals surface area (Å²) in [4.78, 5) is 0. The standard InChI is InChI=1S/C7H10.C6H14/c1-2-7-4-3-6(1)5-7;1-3-5-6-4-2/h1,7H,2-5H2;3-6H2,1-2H3. The van der Waals surface area contributed by atoms with Gasteiger partial charge in [-0.2, -0.15) is 0 Å². The molecule has 0 amide bonds. The van der Waals surface area contributed by atoms with Crippen molar-refractivity contribution in [2.75, 3.05) is 0 Å². The molecule has 0 aromatic heterocycles. The second-order valence-electron chi connectivity index (χ2n) is 4.41. The Morgan fingerprint density at radius 1 is 1.23 bits per heavy atom. The van der Waals surface area contributed by atoms with E-state index in [1.54, 1.807) is 5.57 Å². The first-order chi connectivity index (χ1) is 6.36. The summed E-state index contributed by atoms with van der Waals surface area (Å²) < 4.78 is 0. The fourth-order valence-electron chi connectivity index (χ4n) is 2.18. The Hall–Kier alpha value is -0.260. The van der Waals surface area contributed by atoms with Crippen LogP contribution in [-0.4, -0.2) is 0 Å². The summed E-state index contributed by atoms with van der Waals surface area (Å²) in [6.07, 6.45) is 13.7. The van der Waals surface area contributed by atoms with Gasteiger partial charge in [-0.25, -0.2) is 0 Å². The van der Waals surface area contributed by atoms with Crippen molar-refractivity contribution in [3.05, 3.63) is 11.6 Å². The molecular weight excluding hydrogens is 156 g/mol. The molecule has 1 atom stereocenters. The van der Waals surface area contributed by atoms with Gasteiger partial charge in [0.1, 0.15) is 0 Å². The molecule has 0 aliphatic heterocycles. The summed E-state index contributed by atoms with van der Waals surface area (Å²) in [5.74, 6) is 1.08. The molecule has 2 aliphatic rings. The van der Waals surface area contributed by atoms with Crippen LogP contribution in [-0.2, 0) is 0 Å². The van der Waals surface area contributed by atoms with E-state index in [2.05, 4.69) is 19.9 Å². The molecule has 1 unspecified atom stereocenters. The van der Waals surface area contributed by atoms with Gasteiger partial charge in [-0.15, -0.1) is 0 Å². The van der Waals surface area contributed by atoms with Crippen LogP contribution < -0.4 is 0 Å². The van der Waals surface area contributed by atoms with Gasteiger partial charge in [0.2, 0.25) is 0 Å². The zero-order chi connectivity index (χ0) is 9.52. The summed E-state index contributed by atoms with van der Waals surface area (Å²) in [7, 11) is 0. The van der Waals surface area contributed by atoms with Gasteiger partial charge in [0, 0.05) is 0 Å². The summed E-state index contributed by atoms with van der Waals surface area (Å²) >= 11 is 0. The van der Waals surface area contributed by atoms with Crippen molar-refractivity contribution in [2.45, 2.75) is 65.2 Å². The summed E-state index contributed by atoms with van der Waals surface area (Å²) in [6.45, 7) is 4.46. The molecule has 76 valence electrons. The van der Waals surface area contributed by atoms with E-state index in [1.807, 2.05) is 0 Å². The lowest BCUT2D eigenvalue weighted by molar-refractivity contribution is 0.576. The summed E-state index contributed by atoms with van der Waals surface area (Å²) in [5, 5.41) is 0. The van der Waals surface area contributed by atoms with Crippen LogP contribution in [0.5, 0.6) is 0 Å². The van der Waals surface area contributed by atoms with Crippen LogP contribution in [0.3, 0.4) is 0 Å². The van der Waals surface area contributed by atoms with E-state index in [-0.39, 0.29) is 0 Å². The van der Waals surface area contributed by atoms with E-state index in [9.17, 15) is 0 Å². The van der Waals surface area contributed by atoms with Gasteiger partial charge in [0.05, 0.1) is 0 Å². The summed E-state index contributed by atoms with van der Waals surface area (Å²) in [5.41, 5.74) is 1.74. The minimum Gasteiger partial charge on any atom is -0.0850 e. The highest BCUT2D eigenvalue weighted by molar-refractivity contribution is 5.15. The third-order valence-corrected chi connectivity index (χ3v) is 3.12. The van der Waals surface area contributed by atoms with E-state index >= 15 is 0 Å². The Kier molecular flexibility index (Phi) is 5.19. The Bertz CT molecular complexity index is 151. The molecule has 0 saturated heterocycles. The van der Waals surface area contributed by atoms with Gasteiger partial charge in [0.15, 0.2) is 0 Å². The first-order valence-electron chi connectivity index (χ1n) is 6.04. The van der Waals surface area contributed by atoms with Gasteiger partial charge >= 0.3 is 0 Å². The average Bonchev–Trinajstić information content (AvgIpc) is 2.79. The molecule has 0 N–H and O–H groups in total. The second kappa shape index (κ2) is 6.23. The summed E-state index contributed by atoms with van der Waals surface area (Å²) in [6, 6.07) is 0. The molecule has 0 aromatic carbocycles. The molecular formula is C13H24. The van der Waals surface area contributed by atoms with Crippen molar-refractivity contribution in [3.8, 4) is 0 Å². The largest absolute Gasteiger partial charge is 0.0850 e. The quantitative estimate of drug-likeness (QED) is 0.436. The van der Waals surface area contributed by atoms with Crippen LogP contribution >= 0.6 is 0 Å². The van der Waals surface area contributed by atoms with Crippen molar-refractivity contribution in [3.63, 3.8) is 0 Å². The highest BCUT2D eigenvalue weighted by Crippen LogP contribution is 2.38. The maximum atomic E-state index is 2.42. The molecule has 2 aliphatic carbocycles. The number of rotatable bonds is 3. The monoisotopic (exact) mass is 180 g/mol. The smallest absolute Gasteiger partial charge is 0.0289 e. The highest BCUT2D eigenvalue weighted by Gasteiger charge is 2.22. The number of fused-ring (bicyclic) bond motifs is 2. The van der Waals surface area contributed by atoms with Gasteiger partial charge in [-0.1, -0.05) is 51.2 Å². The third kappa shape index (κ3) is 3.97. The molecule has 2 rings (SSSR count). The fourth-order valence-corrected chi connectivity index (χ4v) is 2.18. The van der Waals surface area contributed by atoms with E-state index in [1.165, 1.54) is 51.4 Å². The van der Waals surface area contributed by atoms with Gasteiger partial charge in [-0.05, 0) is 31.6 Å². The molecule has 13 heavy (non-hydrogen) atoms. The lowest BCUT2D eigenvalue weighted by Crippen LogP contribution is -1.85. The van der Waals surface area contributed by atoms with Crippen LogP contribution in [0.2, 0.25) is 0 Å². The lowest BCUT2D eigenvalue weighted by atomic mass is 10.1. The minimum absolute atomic E-state index is 1.08.